The molecule has 0 spiro atoms. The number of alkyl halides is 6. The van der Waals surface area contributed by atoms with Crippen LogP contribution in [0.25, 0.3) is 0 Å². The molecule has 0 aliphatic rings. The standard InChI is InChI=1S/C7H2ClF6N.C2H6/c8-5-2-3(6(9,10)11)1-4(15-5)7(12,13)14;1-2/h1-2H;1-2H3. The van der Waals surface area contributed by atoms with Crippen LogP contribution in [0.15, 0.2) is 12.1 Å². The van der Waals surface area contributed by atoms with Gasteiger partial charge >= 0.3 is 12.4 Å². The average molecular weight is 280 g/mol. The summed E-state index contributed by atoms with van der Waals surface area (Å²) in [5.74, 6) is 0. The van der Waals surface area contributed by atoms with E-state index in [-0.39, 0.29) is 6.07 Å². The Hall–Kier alpha value is -0.980. The number of hydrogen-bond donors (Lipinski definition) is 0. The summed E-state index contributed by atoms with van der Waals surface area (Å²) in [6.07, 6.45) is -9.84. The average Bonchev–Trinajstić information content (AvgIpc) is 2.17. The molecule has 0 amide bonds. The molecule has 0 saturated heterocycles. The highest BCUT2D eigenvalue weighted by atomic mass is 35.5. The molecule has 1 heterocycles. The minimum Gasteiger partial charge on any atom is -0.232 e. The van der Waals surface area contributed by atoms with Crippen LogP contribution in [0, 0.1) is 0 Å². The second-order valence-corrected chi connectivity index (χ2v) is 2.95. The molecule has 1 aromatic heterocycles. The Labute approximate surface area is 98.4 Å². The lowest BCUT2D eigenvalue weighted by atomic mass is 10.2. The van der Waals surface area contributed by atoms with Gasteiger partial charge in [0.05, 0.1) is 5.56 Å². The first-order valence-electron chi connectivity index (χ1n) is 4.42. The van der Waals surface area contributed by atoms with E-state index in [1.807, 2.05) is 13.8 Å². The third-order valence-corrected chi connectivity index (χ3v) is 1.61. The number of halogens is 7. The zero-order valence-electron chi connectivity index (χ0n) is 8.75. The van der Waals surface area contributed by atoms with E-state index in [1.54, 1.807) is 0 Å². The lowest BCUT2D eigenvalue weighted by Gasteiger charge is -2.10. The fourth-order valence-corrected chi connectivity index (χ4v) is 1.01. The minimum atomic E-state index is -4.95. The summed E-state index contributed by atoms with van der Waals surface area (Å²) >= 11 is 5.05. The van der Waals surface area contributed by atoms with Crippen LogP contribution in [-0.4, -0.2) is 4.98 Å². The Bertz CT molecular complexity index is 338. The molecule has 0 atom stereocenters. The van der Waals surface area contributed by atoms with E-state index >= 15 is 0 Å². The highest BCUT2D eigenvalue weighted by Gasteiger charge is 2.38. The number of rotatable bonds is 0. The SMILES string of the molecule is CC.FC(F)(F)c1cc(Cl)nc(C(F)(F)F)c1. The van der Waals surface area contributed by atoms with Gasteiger partial charge in [-0.15, -0.1) is 0 Å². The Morgan fingerprint density at radius 2 is 1.41 bits per heavy atom. The molecule has 98 valence electrons. The van der Waals surface area contributed by atoms with Crippen LogP contribution in [0.4, 0.5) is 26.3 Å². The van der Waals surface area contributed by atoms with Gasteiger partial charge in [-0.05, 0) is 12.1 Å². The van der Waals surface area contributed by atoms with E-state index < -0.39 is 28.8 Å². The lowest BCUT2D eigenvalue weighted by molar-refractivity contribution is -0.145. The highest BCUT2D eigenvalue weighted by Crippen LogP contribution is 2.35. The Morgan fingerprint density at radius 3 is 1.76 bits per heavy atom. The van der Waals surface area contributed by atoms with Crippen LogP contribution >= 0.6 is 11.6 Å². The van der Waals surface area contributed by atoms with E-state index in [0.717, 1.165) is 0 Å². The molecule has 1 rings (SSSR count). The molecule has 0 aliphatic carbocycles. The number of hydrogen-bond acceptors (Lipinski definition) is 1. The summed E-state index contributed by atoms with van der Waals surface area (Å²) in [6, 6.07) is 0.239. The van der Waals surface area contributed by atoms with Gasteiger partial charge in [-0.1, -0.05) is 25.4 Å². The molecule has 0 radical (unpaired) electrons. The maximum Gasteiger partial charge on any atom is 0.433 e. The van der Waals surface area contributed by atoms with Gasteiger partial charge in [0, 0.05) is 0 Å². The first kappa shape index (κ1) is 16.0. The number of nitrogens with zero attached hydrogens (tertiary/aromatic N) is 1. The van der Waals surface area contributed by atoms with Crippen molar-refractivity contribution in [1.29, 1.82) is 0 Å². The van der Waals surface area contributed by atoms with Gasteiger partial charge < -0.3 is 0 Å². The molecular formula is C9H8ClF6N. The Balaban J connectivity index is 0.00000121. The van der Waals surface area contributed by atoms with Crippen molar-refractivity contribution in [3.05, 3.63) is 28.5 Å². The predicted molar refractivity (Wildman–Crippen MR) is 50.6 cm³/mol. The summed E-state index contributed by atoms with van der Waals surface area (Å²) in [4.78, 5) is 2.76. The van der Waals surface area contributed by atoms with Crippen molar-refractivity contribution < 1.29 is 26.3 Å². The molecule has 0 aliphatic heterocycles. The van der Waals surface area contributed by atoms with Gasteiger partial charge in [0.15, 0.2) is 0 Å². The predicted octanol–water partition coefficient (Wildman–Crippen LogP) is 4.80. The summed E-state index contributed by atoms with van der Waals surface area (Å²) in [6.45, 7) is 4.00. The maximum absolute atomic E-state index is 12.1. The topological polar surface area (TPSA) is 12.9 Å². The van der Waals surface area contributed by atoms with Crippen molar-refractivity contribution in [2.24, 2.45) is 0 Å². The van der Waals surface area contributed by atoms with Gasteiger partial charge in [-0.2, -0.15) is 26.3 Å². The smallest absolute Gasteiger partial charge is 0.232 e. The van der Waals surface area contributed by atoms with E-state index in [2.05, 4.69) is 4.98 Å². The zero-order valence-corrected chi connectivity index (χ0v) is 9.50. The normalized spacial score (nSPS) is 11.8. The molecule has 17 heavy (non-hydrogen) atoms. The van der Waals surface area contributed by atoms with Crippen molar-refractivity contribution >= 4 is 11.6 Å². The molecule has 1 aromatic rings. The molecule has 0 N–H and O–H groups in total. The third-order valence-electron chi connectivity index (χ3n) is 1.41. The monoisotopic (exact) mass is 279 g/mol. The van der Waals surface area contributed by atoms with E-state index in [0.29, 0.717) is 6.07 Å². The van der Waals surface area contributed by atoms with Gasteiger partial charge in [0.1, 0.15) is 10.8 Å². The van der Waals surface area contributed by atoms with Crippen molar-refractivity contribution in [2.75, 3.05) is 0 Å². The molecule has 0 bridgehead atoms. The number of pyridine rings is 1. The molecule has 0 saturated carbocycles. The Morgan fingerprint density at radius 1 is 0.941 bits per heavy atom. The quantitative estimate of drug-likeness (QED) is 0.491. The molecule has 1 nitrogen and oxygen atoms in total. The summed E-state index contributed by atoms with van der Waals surface area (Å²) in [7, 11) is 0. The van der Waals surface area contributed by atoms with Gasteiger partial charge in [0.2, 0.25) is 0 Å². The van der Waals surface area contributed by atoms with Crippen molar-refractivity contribution in [3.8, 4) is 0 Å². The van der Waals surface area contributed by atoms with Crippen molar-refractivity contribution in [2.45, 2.75) is 26.2 Å². The first-order valence-corrected chi connectivity index (χ1v) is 4.80. The molecule has 0 aromatic carbocycles. The third kappa shape index (κ3) is 4.80. The summed E-state index contributed by atoms with van der Waals surface area (Å²) in [5, 5.41) is -0.850. The van der Waals surface area contributed by atoms with Crippen molar-refractivity contribution in [3.63, 3.8) is 0 Å². The first-order chi connectivity index (χ1) is 7.60. The number of aromatic nitrogens is 1. The second-order valence-electron chi connectivity index (χ2n) is 2.56. The van der Waals surface area contributed by atoms with Crippen LogP contribution in [0.2, 0.25) is 5.15 Å². The van der Waals surface area contributed by atoms with Gasteiger partial charge in [-0.25, -0.2) is 4.98 Å². The van der Waals surface area contributed by atoms with Crippen molar-refractivity contribution in [1.82, 2.24) is 4.98 Å². The minimum absolute atomic E-state index is 0.0914. The summed E-state index contributed by atoms with van der Waals surface area (Å²) in [5.41, 5.74) is -3.14. The summed E-state index contributed by atoms with van der Waals surface area (Å²) < 4.78 is 72.4. The van der Waals surface area contributed by atoms with Crippen LogP contribution in [0.3, 0.4) is 0 Å². The molecular weight excluding hydrogens is 272 g/mol. The molecule has 0 fully saturated rings. The maximum atomic E-state index is 12.1. The molecule has 0 unspecified atom stereocenters. The fourth-order valence-electron chi connectivity index (χ4n) is 0.806. The zero-order chi connectivity index (χ0) is 13.9. The van der Waals surface area contributed by atoms with Crippen LogP contribution in [0.5, 0.6) is 0 Å². The van der Waals surface area contributed by atoms with E-state index in [9.17, 15) is 26.3 Å². The lowest BCUT2D eigenvalue weighted by Crippen LogP contribution is -2.12. The van der Waals surface area contributed by atoms with Gasteiger partial charge in [0.25, 0.3) is 0 Å². The van der Waals surface area contributed by atoms with Gasteiger partial charge in [-0.3, -0.25) is 0 Å². The largest absolute Gasteiger partial charge is 0.433 e. The highest BCUT2D eigenvalue weighted by molar-refractivity contribution is 6.29. The molecule has 8 heteroatoms. The van der Waals surface area contributed by atoms with Crippen LogP contribution in [-0.2, 0) is 12.4 Å². The second kappa shape index (κ2) is 5.57. The fraction of sp³-hybridized carbons (Fsp3) is 0.444. The van der Waals surface area contributed by atoms with Crippen LogP contribution < -0.4 is 0 Å². The van der Waals surface area contributed by atoms with Crippen LogP contribution in [0.1, 0.15) is 25.1 Å². The van der Waals surface area contributed by atoms with E-state index in [4.69, 9.17) is 11.6 Å². The van der Waals surface area contributed by atoms with E-state index in [1.165, 1.54) is 0 Å². The Kier molecular flexibility index (Phi) is 5.25.